The number of aliphatic hydroxyl groups is 1. The Balaban J connectivity index is 2.09. The first kappa shape index (κ1) is 15.5. The number of carbonyl (C=O) groups excluding carboxylic acids is 2. The Kier molecular flexibility index (Phi) is 3.59. The Bertz CT molecular complexity index is 527. The highest BCUT2D eigenvalue weighted by molar-refractivity contribution is 5.91. The fourth-order valence-electron chi connectivity index (χ4n) is 5.02. The second-order valence-electron chi connectivity index (χ2n) is 7.30. The molecule has 0 amide bonds. The van der Waals surface area contributed by atoms with Crippen LogP contribution in [-0.2, 0) is 19.1 Å². The van der Waals surface area contributed by atoms with E-state index in [4.69, 9.17) is 9.47 Å². The topological polar surface area (TPSA) is 72.8 Å². The molecule has 122 valence electrons. The van der Waals surface area contributed by atoms with Crippen molar-refractivity contribution in [3.05, 3.63) is 12.2 Å². The Morgan fingerprint density at radius 3 is 2.77 bits per heavy atom. The molecule has 5 nitrogen and oxygen atoms in total. The molecule has 0 radical (unpaired) electrons. The lowest BCUT2D eigenvalue weighted by Gasteiger charge is -2.43. The fraction of sp³-hybridized carbons (Fsp3) is 0.765. The van der Waals surface area contributed by atoms with Crippen LogP contribution in [0.3, 0.4) is 0 Å². The predicted molar refractivity (Wildman–Crippen MR) is 78.7 cm³/mol. The molecule has 0 spiro atoms. The molecular weight excluding hydrogens is 284 g/mol. The molecule has 2 aliphatic carbocycles. The van der Waals surface area contributed by atoms with E-state index in [0.29, 0.717) is 12.0 Å². The second kappa shape index (κ2) is 5.08. The van der Waals surface area contributed by atoms with Crippen LogP contribution in [0.2, 0.25) is 0 Å². The molecule has 3 aliphatic rings. The molecule has 1 saturated heterocycles. The average Bonchev–Trinajstić information content (AvgIpc) is 2.84. The van der Waals surface area contributed by atoms with Crippen molar-refractivity contribution in [2.24, 2.45) is 23.2 Å². The van der Waals surface area contributed by atoms with Gasteiger partial charge in [0.1, 0.15) is 12.2 Å². The van der Waals surface area contributed by atoms with Crippen molar-refractivity contribution in [3.63, 3.8) is 0 Å². The van der Waals surface area contributed by atoms with Crippen LogP contribution in [0.5, 0.6) is 0 Å². The van der Waals surface area contributed by atoms with Crippen molar-refractivity contribution in [2.75, 3.05) is 0 Å². The summed E-state index contributed by atoms with van der Waals surface area (Å²) < 4.78 is 11.1. The third kappa shape index (κ3) is 2.02. The molecule has 0 aromatic heterocycles. The molecule has 1 heterocycles. The van der Waals surface area contributed by atoms with Crippen molar-refractivity contribution < 1.29 is 24.2 Å². The van der Waals surface area contributed by atoms with Crippen LogP contribution in [0.1, 0.15) is 40.0 Å². The zero-order valence-electron chi connectivity index (χ0n) is 13.4. The SMILES string of the molecule is C=C1C(=O)O[C@H]2C[C@@H](C)[C@@H]3CC[C@H](O)[C@@]3(C)[C@@H](OC(C)=O)[C@H]12. The smallest absolute Gasteiger partial charge is 0.334 e. The van der Waals surface area contributed by atoms with Crippen molar-refractivity contribution in [2.45, 2.75) is 58.3 Å². The van der Waals surface area contributed by atoms with Crippen LogP contribution in [0.25, 0.3) is 0 Å². The monoisotopic (exact) mass is 308 g/mol. The summed E-state index contributed by atoms with van der Waals surface area (Å²) in [7, 11) is 0. The van der Waals surface area contributed by atoms with E-state index in [1.54, 1.807) is 0 Å². The first-order valence-corrected chi connectivity index (χ1v) is 8.01. The van der Waals surface area contributed by atoms with Gasteiger partial charge < -0.3 is 14.6 Å². The molecule has 3 fully saturated rings. The second-order valence-corrected chi connectivity index (χ2v) is 7.30. The molecule has 5 heteroatoms. The van der Waals surface area contributed by atoms with Crippen LogP contribution in [0.4, 0.5) is 0 Å². The Morgan fingerprint density at radius 1 is 1.45 bits per heavy atom. The van der Waals surface area contributed by atoms with Gasteiger partial charge in [0.2, 0.25) is 0 Å². The molecule has 7 atom stereocenters. The van der Waals surface area contributed by atoms with E-state index in [-0.39, 0.29) is 23.9 Å². The van der Waals surface area contributed by atoms with Gasteiger partial charge in [-0.1, -0.05) is 20.4 Å². The third-order valence-corrected chi connectivity index (χ3v) is 6.11. The maximum Gasteiger partial charge on any atom is 0.334 e. The van der Waals surface area contributed by atoms with Gasteiger partial charge >= 0.3 is 11.9 Å². The van der Waals surface area contributed by atoms with Crippen LogP contribution in [-0.4, -0.2) is 35.4 Å². The van der Waals surface area contributed by atoms with Gasteiger partial charge in [0.25, 0.3) is 0 Å². The highest BCUT2D eigenvalue weighted by Gasteiger charge is 2.62. The van der Waals surface area contributed by atoms with Crippen LogP contribution < -0.4 is 0 Å². The first-order chi connectivity index (χ1) is 10.3. The van der Waals surface area contributed by atoms with Crippen molar-refractivity contribution >= 4 is 11.9 Å². The minimum Gasteiger partial charge on any atom is -0.461 e. The molecule has 22 heavy (non-hydrogen) atoms. The minimum atomic E-state index is -0.568. The van der Waals surface area contributed by atoms with Crippen molar-refractivity contribution in [1.82, 2.24) is 0 Å². The van der Waals surface area contributed by atoms with Gasteiger partial charge in [0.05, 0.1) is 12.0 Å². The summed E-state index contributed by atoms with van der Waals surface area (Å²) in [5.74, 6) is -0.641. The molecule has 3 rings (SSSR count). The van der Waals surface area contributed by atoms with Gasteiger partial charge in [-0.2, -0.15) is 0 Å². The van der Waals surface area contributed by atoms with E-state index in [0.717, 1.165) is 12.8 Å². The van der Waals surface area contributed by atoms with E-state index in [9.17, 15) is 14.7 Å². The molecule has 0 aromatic carbocycles. The normalized spacial score (nSPS) is 47.5. The van der Waals surface area contributed by atoms with Gasteiger partial charge in [-0.05, 0) is 31.1 Å². The van der Waals surface area contributed by atoms with Gasteiger partial charge in [-0.25, -0.2) is 4.79 Å². The lowest BCUT2D eigenvalue weighted by Crippen LogP contribution is -2.50. The largest absolute Gasteiger partial charge is 0.461 e. The average molecular weight is 308 g/mol. The summed E-state index contributed by atoms with van der Waals surface area (Å²) in [5, 5.41) is 10.6. The van der Waals surface area contributed by atoms with E-state index >= 15 is 0 Å². The molecule has 0 unspecified atom stereocenters. The fourth-order valence-corrected chi connectivity index (χ4v) is 5.02. The maximum atomic E-state index is 11.9. The lowest BCUT2D eigenvalue weighted by atomic mass is 9.67. The van der Waals surface area contributed by atoms with Crippen molar-refractivity contribution in [1.29, 1.82) is 0 Å². The highest BCUT2D eigenvalue weighted by atomic mass is 16.6. The Morgan fingerprint density at radius 2 is 2.14 bits per heavy atom. The van der Waals surface area contributed by atoms with Gasteiger partial charge in [0.15, 0.2) is 0 Å². The van der Waals surface area contributed by atoms with Crippen molar-refractivity contribution in [3.8, 4) is 0 Å². The number of hydrogen-bond acceptors (Lipinski definition) is 5. The number of fused-ring (bicyclic) bond motifs is 2. The summed E-state index contributed by atoms with van der Waals surface area (Å²) >= 11 is 0. The molecule has 0 bridgehead atoms. The quantitative estimate of drug-likeness (QED) is 0.591. The molecule has 1 aliphatic heterocycles. The summed E-state index contributed by atoms with van der Waals surface area (Å²) in [6.07, 6.45) is 0.889. The zero-order chi connectivity index (χ0) is 16.2. The number of esters is 2. The van der Waals surface area contributed by atoms with E-state index in [1.165, 1.54) is 6.92 Å². The molecule has 1 N–H and O–H groups in total. The Labute approximate surface area is 130 Å². The summed E-state index contributed by atoms with van der Waals surface area (Å²) in [6.45, 7) is 9.34. The number of hydrogen-bond donors (Lipinski definition) is 1. The molecular formula is C17H24O5. The summed E-state index contributed by atoms with van der Waals surface area (Å²) in [5.41, 5.74) is -0.203. The van der Waals surface area contributed by atoms with Crippen LogP contribution >= 0.6 is 0 Å². The first-order valence-electron chi connectivity index (χ1n) is 8.01. The molecule has 2 saturated carbocycles. The zero-order valence-corrected chi connectivity index (χ0v) is 13.4. The van der Waals surface area contributed by atoms with Gasteiger partial charge in [-0.3, -0.25) is 4.79 Å². The highest BCUT2D eigenvalue weighted by Crippen LogP contribution is 2.57. The van der Waals surface area contributed by atoms with Gasteiger partial charge in [-0.15, -0.1) is 0 Å². The number of aliphatic hydroxyl groups excluding tert-OH is 1. The molecule has 0 aromatic rings. The standard InChI is InChI=1S/C17H24O5/c1-8-7-12-14(9(2)16(20)22-12)15(21-10(3)18)17(4)11(8)5-6-13(17)19/h8,11-15,19H,2,5-7H2,1,3-4H3/t8-,11+,12+,13+,14-,15+,17+/m1/s1. The Hall–Kier alpha value is -1.36. The number of ether oxygens (including phenoxy) is 2. The lowest BCUT2D eigenvalue weighted by molar-refractivity contribution is -0.167. The van der Waals surface area contributed by atoms with Gasteiger partial charge in [0, 0.05) is 17.9 Å². The summed E-state index contributed by atoms with van der Waals surface area (Å²) in [4.78, 5) is 23.6. The predicted octanol–water partition coefficient (Wildman–Crippen LogP) is 1.83. The van der Waals surface area contributed by atoms with E-state index < -0.39 is 29.6 Å². The minimum absolute atomic E-state index is 0.240. The summed E-state index contributed by atoms with van der Waals surface area (Å²) in [6, 6.07) is 0. The number of rotatable bonds is 1. The third-order valence-electron chi connectivity index (χ3n) is 6.11. The van der Waals surface area contributed by atoms with Crippen LogP contribution in [0, 0.1) is 23.2 Å². The van der Waals surface area contributed by atoms with Crippen LogP contribution in [0.15, 0.2) is 12.2 Å². The van der Waals surface area contributed by atoms with E-state index in [2.05, 4.69) is 13.5 Å². The number of carbonyl (C=O) groups is 2. The van der Waals surface area contributed by atoms with E-state index in [1.807, 2.05) is 6.92 Å². The maximum absolute atomic E-state index is 11.9.